The van der Waals surface area contributed by atoms with Gasteiger partial charge < -0.3 is 40.2 Å². The van der Waals surface area contributed by atoms with E-state index in [0.29, 0.717) is 12.8 Å². The first-order valence-electron chi connectivity index (χ1n) is 36.1. The first-order chi connectivity index (χ1) is 42.8. The fourth-order valence-corrected chi connectivity index (χ4v) is 12.2. The highest BCUT2D eigenvalue weighted by molar-refractivity contribution is 7.47. The van der Waals surface area contributed by atoms with Crippen LogP contribution in [0.5, 0.6) is 0 Å². The third kappa shape index (κ3) is 64.1. The fourth-order valence-electron chi connectivity index (χ4n) is 10.7. The lowest BCUT2D eigenvalue weighted by Crippen LogP contribution is -2.29. The Morgan fingerprint density at radius 2 is 0.489 bits per heavy atom. The van der Waals surface area contributed by atoms with Gasteiger partial charge in [0, 0.05) is 38.8 Å². The van der Waals surface area contributed by atoms with Gasteiger partial charge in [0.2, 0.25) is 0 Å². The zero-order chi connectivity index (χ0) is 64.5. The fraction of sp³-hybridized carbons (Fsp3) is 0.941. The summed E-state index contributed by atoms with van der Waals surface area (Å²) in [5.41, 5.74) is 10.7. The van der Waals surface area contributed by atoms with Crippen molar-refractivity contribution in [2.24, 2.45) is 11.5 Å². The van der Waals surface area contributed by atoms with Crippen LogP contribution in [0.2, 0.25) is 0 Å². The van der Waals surface area contributed by atoms with Gasteiger partial charge in [-0.15, -0.1) is 0 Å². The van der Waals surface area contributed by atoms with Crippen LogP contribution in [0.25, 0.3) is 0 Å². The van der Waals surface area contributed by atoms with Crippen LogP contribution in [0.4, 0.5) is 0 Å². The summed E-state index contributed by atoms with van der Waals surface area (Å²) in [6.45, 7) is 2.81. The first-order valence-corrected chi connectivity index (χ1v) is 39.1. The van der Waals surface area contributed by atoms with Crippen molar-refractivity contribution in [3.05, 3.63) is 0 Å². The lowest BCUT2D eigenvalue weighted by molar-refractivity contribution is -0.161. The van der Waals surface area contributed by atoms with Crippen molar-refractivity contribution in [1.82, 2.24) is 0 Å². The summed E-state index contributed by atoms with van der Waals surface area (Å²) in [4.78, 5) is 70.2. The van der Waals surface area contributed by atoms with Crippen LogP contribution in [0.15, 0.2) is 0 Å². The van der Waals surface area contributed by atoms with Crippen molar-refractivity contribution in [3.63, 3.8) is 0 Å². The highest BCUT2D eigenvalue weighted by Gasteiger charge is 2.27. The van der Waals surface area contributed by atoms with E-state index in [4.69, 9.17) is 48.5 Å². The largest absolute Gasteiger partial charge is 0.472 e. The summed E-state index contributed by atoms with van der Waals surface area (Å²) in [5.74, 6) is -1.70. The lowest BCUT2D eigenvalue weighted by atomic mass is 10.0. The second kappa shape index (κ2) is 65.1. The monoisotopic (exact) mass is 1300 g/mol. The average Bonchev–Trinajstić information content (AvgIpc) is 3.56. The average molecular weight is 1300 g/mol. The smallest absolute Gasteiger partial charge is 0.462 e. The van der Waals surface area contributed by atoms with Gasteiger partial charge in [0.25, 0.3) is 0 Å². The second-order valence-electron chi connectivity index (χ2n) is 24.6. The summed E-state index contributed by atoms with van der Waals surface area (Å²) in [6, 6.07) is 0. The van der Waals surface area contributed by atoms with Crippen molar-refractivity contribution >= 4 is 39.5 Å². The molecule has 0 bridgehead atoms. The maximum atomic E-state index is 12.7. The molecule has 0 rings (SSSR count). The Hall–Kier alpha value is -1.98. The number of rotatable bonds is 71. The maximum Gasteiger partial charge on any atom is 0.472 e. The van der Waals surface area contributed by atoms with Crippen molar-refractivity contribution in [3.8, 4) is 0 Å². The van der Waals surface area contributed by atoms with E-state index in [1.165, 1.54) is 218 Å². The molecule has 20 heteroatoms. The molecule has 522 valence electrons. The summed E-state index contributed by atoms with van der Waals surface area (Å²) in [6.07, 6.45) is 55.7. The van der Waals surface area contributed by atoms with Crippen LogP contribution < -0.4 is 11.5 Å². The molecule has 0 aromatic rings. The number of esters is 4. The van der Waals surface area contributed by atoms with Gasteiger partial charge in [-0.1, -0.05) is 296 Å². The number of nitrogens with two attached hydrogens (primary N) is 2. The molecule has 0 aliphatic heterocycles. The molecule has 0 aliphatic rings. The Bertz CT molecular complexity index is 1560. The van der Waals surface area contributed by atoms with Gasteiger partial charge in [-0.05, 0) is 25.7 Å². The Balaban J connectivity index is 3.95. The van der Waals surface area contributed by atoms with Gasteiger partial charge in [0.05, 0.1) is 26.4 Å². The number of ether oxygens (including phenoxy) is 4. The van der Waals surface area contributed by atoms with Crippen molar-refractivity contribution in [1.29, 1.82) is 0 Å². The number of unbranched alkanes of at least 4 members (excludes halogenated alkanes) is 45. The van der Waals surface area contributed by atoms with Gasteiger partial charge in [-0.3, -0.25) is 37.3 Å². The van der Waals surface area contributed by atoms with Crippen molar-refractivity contribution in [2.75, 3.05) is 52.7 Å². The van der Waals surface area contributed by atoms with E-state index in [0.717, 1.165) is 77.0 Å². The molecule has 0 saturated heterocycles. The molecule has 0 fully saturated rings. The summed E-state index contributed by atoms with van der Waals surface area (Å²) >= 11 is 0. The number of phosphoric ester groups is 2. The zero-order valence-electron chi connectivity index (χ0n) is 56.2. The third-order valence-corrected chi connectivity index (χ3v) is 18.0. The number of phosphoric acid groups is 2. The Morgan fingerprint density at radius 1 is 0.295 bits per heavy atom. The molecule has 0 aromatic heterocycles. The SMILES string of the molecule is CCCCCCCCCCCCCC(=O)OC[C@@H](COP(=O)(O)OCCN)OC(=O)CCCCCCCCCCCCCCCCCCCCCCCCCCCCC(=O)O[C@@H](COC(=O)CCCCCCCCCCCCC)COP(=O)(O)OCCN. The van der Waals surface area contributed by atoms with E-state index in [1.807, 2.05) is 0 Å². The molecule has 0 aliphatic carbocycles. The van der Waals surface area contributed by atoms with Crippen LogP contribution >= 0.6 is 15.6 Å². The third-order valence-electron chi connectivity index (χ3n) is 16.0. The second-order valence-corrected chi connectivity index (χ2v) is 27.5. The van der Waals surface area contributed by atoms with E-state index in [1.54, 1.807) is 0 Å². The molecule has 0 spiro atoms. The minimum absolute atomic E-state index is 0.0413. The molecule has 0 aromatic carbocycles. The molecule has 18 nitrogen and oxygen atoms in total. The van der Waals surface area contributed by atoms with Gasteiger partial charge in [0.1, 0.15) is 13.2 Å². The predicted molar refractivity (Wildman–Crippen MR) is 355 cm³/mol. The number of hydrogen-bond donors (Lipinski definition) is 4. The molecular weight excluding hydrogens is 1160 g/mol. The van der Waals surface area contributed by atoms with Crippen LogP contribution in [-0.2, 0) is 65.4 Å². The van der Waals surface area contributed by atoms with E-state index < -0.39 is 64.9 Å². The van der Waals surface area contributed by atoms with Crippen LogP contribution in [0, 0.1) is 0 Å². The molecule has 4 atom stereocenters. The Morgan fingerprint density at radius 3 is 0.693 bits per heavy atom. The van der Waals surface area contributed by atoms with E-state index in [9.17, 15) is 38.1 Å². The standard InChI is InChI=1S/C68H134N2O16P2/c1-3-5-7-9-11-13-31-35-39-43-47-51-65(71)79-59-63(61-83-87(75,76)81-57-55-69)85-67(73)53-49-45-41-37-33-29-27-25-23-21-19-17-15-16-18-20-22-24-26-28-30-34-38-42-46-50-54-68(74)86-64(62-84-88(77,78)82-58-56-70)60-80-66(72)52-48-44-40-36-32-14-12-10-8-6-4-2/h63-64H,3-62,69-70H2,1-2H3,(H,75,76)(H,77,78)/t63-,64-/m0/s1. The predicted octanol–water partition coefficient (Wildman–Crippen LogP) is 18.4. The number of hydrogen-bond acceptors (Lipinski definition) is 16. The minimum atomic E-state index is -4.40. The van der Waals surface area contributed by atoms with Crippen LogP contribution in [0.3, 0.4) is 0 Å². The van der Waals surface area contributed by atoms with Gasteiger partial charge >= 0.3 is 39.5 Å². The molecule has 0 amide bonds. The highest BCUT2D eigenvalue weighted by Crippen LogP contribution is 2.44. The lowest BCUT2D eigenvalue weighted by Gasteiger charge is -2.19. The summed E-state index contributed by atoms with van der Waals surface area (Å²) in [7, 11) is -8.80. The highest BCUT2D eigenvalue weighted by atomic mass is 31.2. The van der Waals surface area contributed by atoms with Crippen molar-refractivity contribution in [2.45, 2.75) is 360 Å². The summed E-state index contributed by atoms with van der Waals surface area (Å²) < 4.78 is 65.9. The zero-order valence-corrected chi connectivity index (χ0v) is 58.0. The Kier molecular flexibility index (Phi) is 63.6. The molecule has 6 N–H and O–H groups in total. The van der Waals surface area contributed by atoms with E-state index in [-0.39, 0.29) is 65.2 Å². The van der Waals surface area contributed by atoms with Gasteiger partial charge in [-0.25, -0.2) is 9.13 Å². The maximum absolute atomic E-state index is 12.7. The number of carbonyl (C=O) groups is 4. The molecule has 0 radical (unpaired) electrons. The molecule has 0 saturated carbocycles. The Labute approximate surface area is 536 Å². The van der Waals surface area contributed by atoms with E-state index in [2.05, 4.69) is 13.8 Å². The van der Waals surface area contributed by atoms with E-state index >= 15 is 0 Å². The van der Waals surface area contributed by atoms with Crippen molar-refractivity contribution < 1.29 is 75.1 Å². The van der Waals surface area contributed by atoms with Crippen LogP contribution in [0.1, 0.15) is 348 Å². The summed E-state index contributed by atoms with van der Waals surface area (Å²) in [5, 5.41) is 0. The van der Waals surface area contributed by atoms with Crippen LogP contribution in [-0.4, -0.2) is 98.6 Å². The minimum Gasteiger partial charge on any atom is -0.462 e. The molecular formula is C68H134N2O16P2. The molecule has 0 heterocycles. The quantitative estimate of drug-likeness (QED) is 0.0191. The van der Waals surface area contributed by atoms with Gasteiger partial charge in [-0.2, -0.15) is 0 Å². The number of carbonyl (C=O) groups excluding carboxylic acids is 4. The normalized spacial score (nSPS) is 13.7. The first kappa shape index (κ1) is 86.0. The topological polar surface area (TPSA) is 269 Å². The molecule has 2 unspecified atom stereocenters. The van der Waals surface area contributed by atoms with Gasteiger partial charge in [0.15, 0.2) is 12.2 Å². The molecule has 88 heavy (non-hydrogen) atoms.